The van der Waals surface area contributed by atoms with E-state index in [1.54, 1.807) is 18.2 Å². The van der Waals surface area contributed by atoms with Crippen molar-refractivity contribution in [2.24, 2.45) is 0 Å². The lowest BCUT2D eigenvalue weighted by molar-refractivity contribution is -0.401. The van der Waals surface area contributed by atoms with Gasteiger partial charge in [0.15, 0.2) is 5.71 Å². The minimum Gasteiger partial charge on any atom is -0.780 e. The number of nitrogens with zero attached hydrogens (tertiary/aromatic N) is 1. The van der Waals surface area contributed by atoms with E-state index in [2.05, 4.69) is 54.3 Å². The predicted octanol–water partition coefficient (Wildman–Crippen LogP) is 3.77. The molecule has 0 unspecified atom stereocenters. The summed E-state index contributed by atoms with van der Waals surface area (Å²) < 4.78 is 17.9. The summed E-state index contributed by atoms with van der Waals surface area (Å²) in [4.78, 5) is 22.1. The SMILES string of the molecule is C[N+]1=C(/C=C/c2ccc(OP(=O)([O-])[O-])c3ccccc23)C(C)(C)c2ccccc21. The highest BCUT2D eigenvalue weighted by atomic mass is 31.2. The molecule has 0 saturated heterocycles. The molecule has 0 spiro atoms. The van der Waals surface area contributed by atoms with E-state index in [1.807, 2.05) is 24.3 Å². The summed E-state index contributed by atoms with van der Waals surface area (Å²) in [5, 5.41) is 1.39. The molecular weight excluding hydrogens is 385 g/mol. The quantitative estimate of drug-likeness (QED) is 0.488. The molecule has 4 rings (SSSR count). The maximum absolute atomic E-state index is 11.1. The molecule has 0 saturated carbocycles. The number of hydrogen-bond acceptors (Lipinski definition) is 4. The first-order valence-electron chi connectivity index (χ1n) is 9.30. The van der Waals surface area contributed by atoms with Gasteiger partial charge >= 0.3 is 0 Å². The van der Waals surface area contributed by atoms with E-state index < -0.39 is 7.82 Å². The fourth-order valence-electron chi connectivity index (χ4n) is 4.11. The first-order valence-corrected chi connectivity index (χ1v) is 10.8. The van der Waals surface area contributed by atoms with Crippen LogP contribution in [0.2, 0.25) is 0 Å². The zero-order chi connectivity index (χ0) is 20.8. The topological polar surface area (TPSA) is 75.4 Å². The van der Waals surface area contributed by atoms with E-state index >= 15 is 0 Å². The Kier molecular flexibility index (Phi) is 4.70. The molecular formula is C23H21NO4P-. The third-order valence-corrected chi connectivity index (χ3v) is 5.91. The Morgan fingerprint density at radius 3 is 2.28 bits per heavy atom. The van der Waals surface area contributed by atoms with E-state index in [9.17, 15) is 14.4 Å². The monoisotopic (exact) mass is 406 g/mol. The van der Waals surface area contributed by atoms with Gasteiger partial charge in [0.1, 0.15) is 20.6 Å². The van der Waals surface area contributed by atoms with Crippen molar-refractivity contribution in [2.45, 2.75) is 19.3 Å². The van der Waals surface area contributed by atoms with E-state index in [0.717, 1.165) is 16.7 Å². The van der Waals surface area contributed by atoms with Gasteiger partial charge in [0.05, 0.1) is 5.41 Å². The third-order valence-electron chi connectivity index (χ3n) is 5.49. The van der Waals surface area contributed by atoms with Crippen molar-refractivity contribution in [3.05, 3.63) is 77.9 Å². The van der Waals surface area contributed by atoms with Crippen LogP contribution in [0.3, 0.4) is 0 Å². The van der Waals surface area contributed by atoms with Gasteiger partial charge in [-0.2, -0.15) is 4.58 Å². The van der Waals surface area contributed by atoms with Crippen LogP contribution in [0.25, 0.3) is 16.8 Å². The van der Waals surface area contributed by atoms with Crippen LogP contribution in [0.1, 0.15) is 25.0 Å². The van der Waals surface area contributed by atoms with Gasteiger partial charge in [-0.15, -0.1) is 0 Å². The van der Waals surface area contributed by atoms with E-state index in [0.29, 0.717) is 5.39 Å². The van der Waals surface area contributed by atoms with Gasteiger partial charge in [-0.3, -0.25) is 0 Å². The number of para-hydroxylation sites is 1. The maximum atomic E-state index is 11.1. The van der Waals surface area contributed by atoms with Crippen molar-refractivity contribution in [1.29, 1.82) is 0 Å². The van der Waals surface area contributed by atoms with Gasteiger partial charge in [0, 0.05) is 23.1 Å². The summed E-state index contributed by atoms with van der Waals surface area (Å²) in [6, 6.07) is 18.9. The van der Waals surface area contributed by atoms with Crippen LogP contribution in [0, 0.1) is 0 Å². The Morgan fingerprint density at radius 2 is 1.59 bits per heavy atom. The zero-order valence-corrected chi connectivity index (χ0v) is 17.4. The molecule has 3 aromatic carbocycles. The van der Waals surface area contributed by atoms with Crippen molar-refractivity contribution in [3.8, 4) is 5.75 Å². The Labute approximate surface area is 169 Å². The van der Waals surface area contributed by atoms with Gasteiger partial charge in [-0.25, -0.2) is 0 Å². The Bertz CT molecular complexity index is 1220. The Balaban J connectivity index is 1.78. The predicted molar refractivity (Wildman–Crippen MR) is 112 cm³/mol. The average Bonchev–Trinajstić information content (AvgIpc) is 2.87. The zero-order valence-electron chi connectivity index (χ0n) is 16.5. The smallest absolute Gasteiger partial charge is 0.209 e. The first-order chi connectivity index (χ1) is 13.7. The summed E-state index contributed by atoms with van der Waals surface area (Å²) in [6.45, 7) is 4.40. The molecule has 0 fully saturated rings. The third kappa shape index (κ3) is 3.53. The average molecular weight is 406 g/mol. The molecule has 0 aromatic heterocycles. The molecule has 0 atom stereocenters. The fourth-order valence-corrected chi connectivity index (χ4v) is 4.51. The summed E-state index contributed by atoms with van der Waals surface area (Å²) in [6.07, 6.45) is 4.11. The lowest BCUT2D eigenvalue weighted by atomic mass is 9.81. The van der Waals surface area contributed by atoms with Crippen LogP contribution in [0.5, 0.6) is 5.75 Å². The molecule has 0 amide bonds. The lowest BCUT2D eigenvalue weighted by Gasteiger charge is -2.29. The molecule has 148 valence electrons. The van der Waals surface area contributed by atoms with Gasteiger partial charge < -0.3 is 18.9 Å². The Morgan fingerprint density at radius 1 is 0.931 bits per heavy atom. The van der Waals surface area contributed by atoms with Gasteiger partial charge in [-0.1, -0.05) is 48.5 Å². The molecule has 0 bridgehead atoms. The molecule has 0 radical (unpaired) electrons. The van der Waals surface area contributed by atoms with Gasteiger partial charge in [0.2, 0.25) is 5.69 Å². The summed E-state index contributed by atoms with van der Waals surface area (Å²) in [5.74, 6) is 0.0458. The molecule has 5 nitrogen and oxygen atoms in total. The highest BCUT2D eigenvalue weighted by Crippen LogP contribution is 2.40. The van der Waals surface area contributed by atoms with Crippen LogP contribution < -0.4 is 14.3 Å². The second-order valence-corrected chi connectivity index (χ2v) is 8.73. The standard InChI is InChI=1S/C23H22NO4P/c1-23(2)19-10-6-7-11-20(19)24(3)22(23)15-13-16-12-14-21(28-29(25,26)27)18-9-5-4-8-17(16)18/h4-15H,1-3H3,(H-,25,26,27)/p-1/b15-13+. The highest BCUT2D eigenvalue weighted by molar-refractivity contribution is 7.43. The second kappa shape index (κ2) is 6.96. The first kappa shape index (κ1) is 19.6. The number of fused-ring (bicyclic) bond motifs is 2. The van der Waals surface area contributed by atoms with Gasteiger partial charge in [-0.05, 0) is 36.9 Å². The molecule has 1 heterocycles. The molecule has 3 aromatic rings. The maximum Gasteiger partial charge on any atom is 0.209 e. The molecule has 1 aliphatic heterocycles. The minimum atomic E-state index is -5.13. The van der Waals surface area contributed by atoms with E-state index in [-0.39, 0.29) is 11.2 Å². The number of rotatable bonds is 4. The number of hydrogen-bond donors (Lipinski definition) is 0. The van der Waals surface area contributed by atoms with Gasteiger partial charge in [0.25, 0.3) is 0 Å². The summed E-state index contributed by atoms with van der Waals surface area (Å²) >= 11 is 0. The van der Waals surface area contributed by atoms with Crippen molar-refractivity contribution in [1.82, 2.24) is 0 Å². The summed E-state index contributed by atoms with van der Waals surface area (Å²) in [7, 11) is -3.07. The van der Waals surface area contributed by atoms with Crippen molar-refractivity contribution in [3.63, 3.8) is 0 Å². The molecule has 0 N–H and O–H groups in total. The molecule has 6 heteroatoms. The Hall–Kier alpha value is -2.72. The van der Waals surface area contributed by atoms with Crippen molar-refractivity contribution in [2.75, 3.05) is 7.05 Å². The van der Waals surface area contributed by atoms with Crippen LogP contribution >= 0.6 is 7.82 Å². The number of phosphoric ester groups is 1. The van der Waals surface area contributed by atoms with E-state index in [1.165, 1.54) is 17.3 Å². The number of phosphoric acid groups is 1. The van der Waals surface area contributed by atoms with E-state index in [4.69, 9.17) is 0 Å². The molecule has 1 aliphatic rings. The normalized spacial score (nSPS) is 15.9. The number of benzene rings is 3. The van der Waals surface area contributed by atoms with Crippen LogP contribution in [0.4, 0.5) is 5.69 Å². The largest absolute Gasteiger partial charge is 0.780 e. The number of allylic oxidation sites excluding steroid dienone is 1. The second-order valence-electron chi connectivity index (χ2n) is 7.66. The molecule has 0 aliphatic carbocycles. The van der Waals surface area contributed by atoms with Crippen molar-refractivity contribution < 1.29 is 23.5 Å². The van der Waals surface area contributed by atoms with Crippen molar-refractivity contribution >= 4 is 36.1 Å². The van der Waals surface area contributed by atoms with Crippen LogP contribution in [-0.4, -0.2) is 17.3 Å². The summed E-state index contributed by atoms with van der Waals surface area (Å²) in [5.41, 5.74) is 4.39. The minimum absolute atomic E-state index is 0.0458. The highest BCUT2D eigenvalue weighted by Gasteiger charge is 2.42. The van der Waals surface area contributed by atoms with Crippen LogP contribution in [0.15, 0.2) is 66.7 Å². The fraction of sp³-hybridized carbons (Fsp3) is 0.174. The lowest BCUT2D eigenvalue weighted by Crippen LogP contribution is -2.26. The molecule has 29 heavy (non-hydrogen) atoms. The van der Waals surface area contributed by atoms with Crippen LogP contribution in [-0.2, 0) is 9.98 Å².